The van der Waals surface area contributed by atoms with Crippen molar-refractivity contribution in [3.05, 3.63) is 31.9 Å². The molecular weight excluding hydrogens is 528 g/mol. The lowest BCUT2D eigenvalue weighted by Crippen LogP contribution is -2.40. The number of carbonyl (C=O) groups is 2. The second kappa shape index (κ2) is 12.9. The van der Waals surface area contributed by atoms with Gasteiger partial charge in [0.1, 0.15) is 4.21 Å². The molecule has 2 unspecified atom stereocenters. The molecule has 2 atom stereocenters. The maximum atomic E-state index is 12.9. The normalized spacial score (nSPS) is 18.2. The van der Waals surface area contributed by atoms with Gasteiger partial charge in [-0.15, -0.1) is 31.6 Å². The topological polar surface area (TPSA) is 188 Å². The van der Waals surface area contributed by atoms with Crippen LogP contribution in [0.4, 0.5) is 0 Å². The highest BCUT2D eigenvalue weighted by molar-refractivity contribution is 8.00. The number of nitrogens with one attached hydrogen (secondary N) is 1. The van der Waals surface area contributed by atoms with Gasteiger partial charge in [0, 0.05) is 24.9 Å². The Morgan fingerprint density at radius 1 is 1.20 bits per heavy atom. The first kappa shape index (κ1) is 28.6. The molecule has 2 amide bonds. The molecular formula is C18H26N4O10S3. The van der Waals surface area contributed by atoms with Gasteiger partial charge in [-0.2, -0.15) is 0 Å². The molecule has 0 saturated heterocycles. The van der Waals surface area contributed by atoms with Crippen LogP contribution < -0.4 is 4.72 Å². The van der Waals surface area contributed by atoms with E-state index in [0.29, 0.717) is 16.3 Å². The fourth-order valence-corrected chi connectivity index (χ4v) is 7.96. The SMILES string of the molecule is CCN(C(=O)CCCO[N+](=O)[O-])C1CC(C)S(=O)(=O)c2sc(SNC(=O)CCCO[N+](=O)[O-])cc21. The maximum Gasteiger partial charge on any atom is 0.294 e. The second-order valence-corrected chi connectivity index (χ2v) is 12.3. The molecule has 0 fully saturated rings. The van der Waals surface area contributed by atoms with Crippen molar-refractivity contribution in [3.8, 4) is 0 Å². The first-order chi connectivity index (χ1) is 16.5. The lowest BCUT2D eigenvalue weighted by Gasteiger charge is -2.36. The van der Waals surface area contributed by atoms with E-state index in [4.69, 9.17) is 0 Å². The minimum Gasteiger partial charge on any atom is -0.336 e. The predicted molar refractivity (Wildman–Crippen MR) is 124 cm³/mol. The van der Waals surface area contributed by atoms with E-state index in [2.05, 4.69) is 14.4 Å². The Hall–Kier alpha value is -2.66. The zero-order valence-corrected chi connectivity index (χ0v) is 21.5. The number of hydrogen-bond donors (Lipinski definition) is 1. The molecule has 2 heterocycles. The number of hydrogen-bond acceptors (Lipinski definition) is 12. The van der Waals surface area contributed by atoms with Gasteiger partial charge in [0.2, 0.25) is 11.8 Å². The third-order valence-corrected chi connectivity index (χ3v) is 10.0. The summed E-state index contributed by atoms with van der Waals surface area (Å²) in [4.78, 5) is 55.2. The molecule has 1 aromatic heterocycles. The largest absolute Gasteiger partial charge is 0.336 e. The summed E-state index contributed by atoms with van der Waals surface area (Å²) < 4.78 is 29.1. The van der Waals surface area contributed by atoms with Crippen molar-refractivity contribution in [1.29, 1.82) is 0 Å². The molecule has 14 nitrogen and oxygen atoms in total. The molecule has 196 valence electrons. The lowest BCUT2D eigenvalue weighted by molar-refractivity contribution is -0.757. The maximum absolute atomic E-state index is 12.9. The Morgan fingerprint density at radius 2 is 1.80 bits per heavy atom. The van der Waals surface area contributed by atoms with Crippen molar-refractivity contribution in [2.75, 3.05) is 19.8 Å². The standard InChI is InChI=1S/C18H26N4O10S3/c1-3-20(16(24)7-5-9-32-22(27)28)14-10-12(2)35(29,30)18-13(14)11-17(33-18)34-19-15(23)6-4-8-31-21(25)26/h11-12,14H,3-10H2,1-2H3,(H,19,23). The van der Waals surface area contributed by atoms with Crippen molar-refractivity contribution in [3.63, 3.8) is 0 Å². The highest BCUT2D eigenvalue weighted by Crippen LogP contribution is 2.46. The van der Waals surface area contributed by atoms with Gasteiger partial charge in [0.15, 0.2) is 9.84 Å². The first-order valence-corrected chi connectivity index (χ1v) is 13.8. The number of fused-ring (bicyclic) bond motifs is 1. The Bertz CT molecular complexity index is 1050. The van der Waals surface area contributed by atoms with E-state index in [9.17, 15) is 38.2 Å². The Labute approximate surface area is 209 Å². The van der Waals surface area contributed by atoms with Crippen LogP contribution in [0.3, 0.4) is 0 Å². The summed E-state index contributed by atoms with van der Waals surface area (Å²) in [5.74, 6) is -0.670. The van der Waals surface area contributed by atoms with Crippen molar-refractivity contribution in [2.45, 2.75) is 65.7 Å². The van der Waals surface area contributed by atoms with E-state index in [1.165, 1.54) is 0 Å². The minimum absolute atomic E-state index is 0.0105. The smallest absolute Gasteiger partial charge is 0.294 e. The summed E-state index contributed by atoms with van der Waals surface area (Å²) in [5.41, 5.74) is 0.473. The van der Waals surface area contributed by atoms with Gasteiger partial charge in [-0.05, 0) is 51.1 Å². The molecule has 1 aromatic rings. The van der Waals surface area contributed by atoms with Gasteiger partial charge in [0.25, 0.3) is 10.2 Å². The van der Waals surface area contributed by atoms with Crippen molar-refractivity contribution in [1.82, 2.24) is 9.62 Å². The average molecular weight is 555 g/mol. The molecule has 1 aliphatic heterocycles. The summed E-state index contributed by atoms with van der Waals surface area (Å²) in [5, 5.41) is 17.8. The molecule has 0 aliphatic carbocycles. The van der Waals surface area contributed by atoms with Crippen LogP contribution in [0, 0.1) is 20.2 Å². The summed E-state index contributed by atoms with van der Waals surface area (Å²) in [6.07, 6.45) is 0.485. The Balaban J connectivity index is 2.11. The van der Waals surface area contributed by atoms with Crippen molar-refractivity contribution in [2.24, 2.45) is 0 Å². The highest BCUT2D eigenvalue weighted by Gasteiger charge is 2.41. The molecule has 1 N–H and O–H groups in total. The van der Waals surface area contributed by atoms with Crippen LogP contribution in [0.1, 0.15) is 57.6 Å². The zero-order chi connectivity index (χ0) is 26.2. The fourth-order valence-electron chi connectivity index (χ4n) is 3.52. The molecule has 0 spiro atoms. The minimum atomic E-state index is -3.62. The van der Waals surface area contributed by atoms with Crippen LogP contribution in [-0.2, 0) is 29.1 Å². The number of nitrogens with zero attached hydrogens (tertiary/aromatic N) is 3. The van der Waals surface area contributed by atoms with E-state index in [-0.39, 0.29) is 55.4 Å². The highest BCUT2D eigenvalue weighted by atomic mass is 32.2. The van der Waals surface area contributed by atoms with E-state index >= 15 is 0 Å². The lowest BCUT2D eigenvalue weighted by atomic mass is 10.0. The van der Waals surface area contributed by atoms with E-state index in [1.807, 2.05) is 0 Å². The van der Waals surface area contributed by atoms with Gasteiger partial charge in [0.05, 0.1) is 28.7 Å². The summed E-state index contributed by atoms with van der Waals surface area (Å²) in [6.45, 7) is 3.23. The average Bonchev–Trinajstić information content (AvgIpc) is 3.22. The zero-order valence-electron chi connectivity index (χ0n) is 19.0. The van der Waals surface area contributed by atoms with Crippen LogP contribution in [0.2, 0.25) is 0 Å². The van der Waals surface area contributed by atoms with Crippen molar-refractivity contribution >= 4 is 44.9 Å². The number of thiophene rings is 1. The summed E-state index contributed by atoms with van der Waals surface area (Å²) in [7, 11) is -3.62. The molecule has 0 aromatic carbocycles. The Kier molecular flexibility index (Phi) is 10.5. The Morgan fingerprint density at radius 3 is 2.37 bits per heavy atom. The predicted octanol–water partition coefficient (Wildman–Crippen LogP) is 2.30. The fraction of sp³-hybridized carbons (Fsp3) is 0.667. The van der Waals surface area contributed by atoms with E-state index in [0.717, 1.165) is 23.3 Å². The third-order valence-electron chi connectivity index (χ3n) is 5.18. The molecule has 0 radical (unpaired) electrons. The van der Waals surface area contributed by atoms with Crippen LogP contribution in [-0.4, -0.2) is 60.3 Å². The first-order valence-electron chi connectivity index (χ1n) is 10.6. The van der Waals surface area contributed by atoms with E-state index in [1.54, 1.807) is 24.8 Å². The number of carbonyl (C=O) groups excluding carboxylic acids is 2. The van der Waals surface area contributed by atoms with Crippen LogP contribution >= 0.6 is 23.3 Å². The molecule has 35 heavy (non-hydrogen) atoms. The quantitative estimate of drug-likeness (QED) is 0.154. The molecule has 17 heteroatoms. The second-order valence-electron chi connectivity index (χ2n) is 7.54. The van der Waals surface area contributed by atoms with Crippen molar-refractivity contribution < 1.29 is 37.9 Å². The molecule has 0 saturated carbocycles. The summed E-state index contributed by atoms with van der Waals surface area (Å²) >= 11 is 1.94. The van der Waals surface area contributed by atoms with Gasteiger partial charge in [-0.25, -0.2) is 8.42 Å². The van der Waals surface area contributed by atoms with Crippen LogP contribution in [0.15, 0.2) is 14.5 Å². The number of amides is 2. The van der Waals surface area contributed by atoms with Gasteiger partial charge >= 0.3 is 0 Å². The molecule has 0 bridgehead atoms. The van der Waals surface area contributed by atoms with Gasteiger partial charge < -0.3 is 14.6 Å². The van der Waals surface area contributed by atoms with Gasteiger partial charge in [-0.1, -0.05) is 0 Å². The number of sulfone groups is 1. The monoisotopic (exact) mass is 554 g/mol. The summed E-state index contributed by atoms with van der Waals surface area (Å²) in [6, 6.07) is 1.14. The molecule has 2 rings (SSSR count). The van der Waals surface area contributed by atoms with E-state index < -0.39 is 37.2 Å². The third kappa shape index (κ3) is 7.93. The molecule has 1 aliphatic rings. The van der Waals surface area contributed by atoms with Crippen LogP contribution in [0.25, 0.3) is 0 Å². The van der Waals surface area contributed by atoms with Gasteiger partial charge in [-0.3, -0.25) is 14.3 Å². The van der Waals surface area contributed by atoms with Crippen LogP contribution in [0.5, 0.6) is 0 Å². The number of rotatable bonds is 14.